The summed E-state index contributed by atoms with van der Waals surface area (Å²) < 4.78 is 4.87. The molecule has 0 aromatic heterocycles. The highest BCUT2D eigenvalue weighted by molar-refractivity contribution is 5.95. The first kappa shape index (κ1) is 14.8. The van der Waals surface area contributed by atoms with Crippen LogP contribution < -0.4 is 5.32 Å². The molecule has 0 aliphatic carbocycles. The van der Waals surface area contributed by atoms with Crippen molar-refractivity contribution in [2.75, 3.05) is 13.7 Å². The fraction of sp³-hybridized carbons (Fsp3) is 0.250. The van der Waals surface area contributed by atoms with E-state index >= 15 is 0 Å². The number of urea groups is 1. The number of esters is 1. The Morgan fingerprint density at radius 2 is 2.10 bits per heavy atom. The maximum atomic E-state index is 12.2. The highest BCUT2D eigenvalue weighted by Crippen LogP contribution is 2.30. The largest absolute Gasteiger partial charge is 0.466 e. The van der Waals surface area contributed by atoms with Gasteiger partial charge in [-0.2, -0.15) is 0 Å². The lowest BCUT2D eigenvalue weighted by Crippen LogP contribution is -2.47. The first-order chi connectivity index (χ1) is 10.1. The molecule has 1 aromatic carbocycles. The number of methoxy groups -OCH3 is 1. The van der Waals surface area contributed by atoms with E-state index in [4.69, 9.17) is 4.74 Å². The zero-order valence-corrected chi connectivity index (χ0v) is 12.1. The fourth-order valence-electron chi connectivity index (χ4n) is 2.40. The molecule has 0 saturated carbocycles. The van der Waals surface area contributed by atoms with Crippen LogP contribution in [0.5, 0.6) is 0 Å². The van der Waals surface area contributed by atoms with Crippen LogP contribution in [0.25, 0.3) is 0 Å². The van der Waals surface area contributed by atoms with Gasteiger partial charge in [-0.1, -0.05) is 36.4 Å². The molecule has 1 aliphatic rings. The Bertz CT molecular complexity index is 593. The van der Waals surface area contributed by atoms with Crippen molar-refractivity contribution in [3.05, 3.63) is 59.8 Å². The lowest BCUT2D eigenvalue weighted by molar-refractivity contribution is -0.136. The molecule has 0 fully saturated rings. The van der Waals surface area contributed by atoms with Gasteiger partial charge in [0.1, 0.15) is 0 Å². The Morgan fingerprint density at radius 3 is 2.67 bits per heavy atom. The van der Waals surface area contributed by atoms with E-state index in [1.54, 1.807) is 13.0 Å². The van der Waals surface area contributed by atoms with Crippen molar-refractivity contribution in [1.29, 1.82) is 0 Å². The summed E-state index contributed by atoms with van der Waals surface area (Å²) in [5.74, 6) is -0.449. The first-order valence-corrected chi connectivity index (χ1v) is 6.63. The molecule has 5 nitrogen and oxygen atoms in total. The molecule has 1 atom stereocenters. The van der Waals surface area contributed by atoms with Crippen LogP contribution in [0.4, 0.5) is 4.79 Å². The predicted octanol–water partition coefficient (Wildman–Crippen LogP) is 2.39. The average Bonchev–Trinajstić information content (AvgIpc) is 2.51. The van der Waals surface area contributed by atoms with E-state index in [2.05, 4.69) is 11.9 Å². The van der Waals surface area contributed by atoms with Crippen LogP contribution in [-0.4, -0.2) is 30.6 Å². The predicted molar refractivity (Wildman–Crippen MR) is 79.3 cm³/mol. The second-order valence-electron chi connectivity index (χ2n) is 4.68. The number of allylic oxidation sites excluding steroid dienone is 1. The van der Waals surface area contributed by atoms with Gasteiger partial charge in [-0.3, -0.25) is 4.90 Å². The van der Waals surface area contributed by atoms with Crippen LogP contribution in [0.3, 0.4) is 0 Å². The summed E-state index contributed by atoms with van der Waals surface area (Å²) >= 11 is 0. The highest BCUT2D eigenvalue weighted by atomic mass is 16.5. The summed E-state index contributed by atoms with van der Waals surface area (Å²) in [6, 6.07) is 8.58. The number of hydrogen-bond acceptors (Lipinski definition) is 3. The normalized spacial score (nSPS) is 18.3. The quantitative estimate of drug-likeness (QED) is 0.683. The zero-order valence-electron chi connectivity index (χ0n) is 12.1. The number of ether oxygens (including phenoxy) is 1. The van der Waals surface area contributed by atoms with Gasteiger partial charge < -0.3 is 10.1 Å². The van der Waals surface area contributed by atoms with E-state index in [-0.39, 0.29) is 6.03 Å². The van der Waals surface area contributed by atoms with Crippen molar-refractivity contribution in [3.8, 4) is 0 Å². The van der Waals surface area contributed by atoms with E-state index < -0.39 is 12.0 Å². The molecule has 0 radical (unpaired) electrons. The number of nitrogens with zero attached hydrogens (tertiary/aromatic N) is 1. The Balaban J connectivity index is 2.52. The molecule has 0 unspecified atom stereocenters. The van der Waals surface area contributed by atoms with Crippen LogP contribution in [0.15, 0.2) is 54.3 Å². The highest BCUT2D eigenvalue weighted by Gasteiger charge is 2.35. The van der Waals surface area contributed by atoms with Crippen molar-refractivity contribution in [1.82, 2.24) is 10.2 Å². The molecule has 110 valence electrons. The Kier molecular flexibility index (Phi) is 4.42. The molecule has 1 heterocycles. The standard InChI is InChI=1S/C16H18N2O3/c1-4-10-18-11(2)13(15(19)21-3)14(17-16(18)20)12-8-6-5-7-9-12/h4-9,14H,1,10H2,2-3H3,(H,17,20)/t14-/m1/s1. The summed E-state index contributed by atoms with van der Waals surface area (Å²) in [5.41, 5.74) is 1.85. The average molecular weight is 286 g/mol. The SMILES string of the molecule is C=CCN1C(=O)N[C@H](c2ccccc2)C(C(=O)OC)=C1C. The first-order valence-electron chi connectivity index (χ1n) is 6.63. The summed E-state index contributed by atoms with van der Waals surface area (Å²) in [7, 11) is 1.33. The van der Waals surface area contributed by atoms with Gasteiger partial charge in [-0.15, -0.1) is 6.58 Å². The number of nitrogens with one attached hydrogen (secondary N) is 1. The minimum absolute atomic E-state index is 0.256. The zero-order chi connectivity index (χ0) is 15.4. The van der Waals surface area contributed by atoms with Crippen LogP contribution in [-0.2, 0) is 9.53 Å². The lowest BCUT2D eigenvalue weighted by Gasteiger charge is -2.34. The summed E-state index contributed by atoms with van der Waals surface area (Å²) in [6.45, 7) is 5.70. The molecule has 21 heavy (non-hydrogen) atoms. The molecule has 1 aromatic rings. The lowest BCUT2D eigenvalue weighted by atomic mass is 9.95. The van der Waals surface area contributed by atoms with Gasteiger partial charge in [0.05, 0.1) is 18.7 Å². The van der Waals surface area contributed by atoms with Crippen molar-refractivity contribution in [2.45, 2.75) is 13.0 Å². The number of carbonyl (C=O) groups excluding carboxylic acids is 2. The van der Waals surface area contributed by atoms with Gasteiger partial charge in [0.25, 0.3) is 0 Å². The van der Waals surface area contributed by atoms with Crippen molar-refractivity contribution in [3.63, 3.8) is 0 Å². The minimum atomic E-state index is -0.507. The fourth-order valence-corrected chi connectivity index (χ4v) is 2.40. The van der Waals surface area contributed by atoms with Gasteiger partial charge in [-0.05, 0) is 12.5 Å². The van der Waals surface area contributed by atoms with E-state index in [0.29, 0.717) is 17.8 Å². The maximum absolute atomic E-state index is 12.2. The summed E-state index contributed by atoms with van der Waals surface area (Å²) in [4.78, 5) is 25.8. The molecular formula is C16H18N2O3. The van der Waals surface area contributed by atoms with Gasteiger partial charge in [0.15, 0.2) is 0 Å². The Morgan fingerprint density at radius 1 is 1.43 bits per heavy atom. The Hall–Kier alpha value is -2.56. The van der Waals surface area contributed by atoms with Gasteiger partial charge in [0.2, 0.25) is 0 Å². The number of carbonyl (C=O) groups is 2. The monoisotopic (exact) mass is 286 g/mol. The molecule has 2 amide bonds. The number of rotatable bonds is 4. The van der Waals surface area contributed by atoms with Crippen LogP contribution in [0.2, 0.25) is 0 Å². The second-order valence-corrected chi connectivity index (χ2v) is 4.68. The molecule has 1 N–H and O–H groups in total. The van der Waals surface area contributed by atoms with Gasteiger partial charge in [-0.25, -0.2) is 9.59 Å². The molecular weight excluding hydrogens is 268 g/mol. The third kappa shape index (κ3) is 2.81. The smallest absolute Gasteiger partial charge is 0.337 e. The maximum Gasteiger partial charge on any atom is 0.337 e. The molecule has 1 aliphatic heterocycles. The van der Waals surface area contributed by atoms with Crippen LogP contribution in [0.1, 0.15) is 18.5 Å². The third-order valence-corrected chi connectivity index (χ3v) is 3.45. The molecule has 5 heteroatoms. The van der Waals surface area contributed by atoms with E-state index in [0.717, 1.165) is 5.56 Å². The molecule has 0 bridgehead atoms. The molecule has 0 saturated heterocycles. The number of hydrogen-bond donors (Lipinski definition) is 1. The third-order valence-electron chi connectivity index (χ3n) is 3.45. The van der Waals surface area contributed by atoms with Crippen LogP contribution in [0, 0.1) is 0 Å². The molecule has 2 rings (SSSR count). The van der Waals surface area contributed by atoms with Gasteiger partial charge in [0, 0.05) is 12.2 Å². The Labute approximate surface area is 123 Å². The van der Waals surface area contributed by atoms with Crippen molar-refractivity contribution < 1.29 is 14.3 Å². The van der Waals surface area contributed by atoms with Gasteiger partial charge >= 0.3 is 12.0 Å². The number of benzene rings is 1. The summed E-state index contributed by atoms with van der Waals surface area (Å²) in [5, 5.41) is 2.84. The van der Waals surface area contributed by atoms with E-state index in [9.17, 15) is 9.59 Å². The van der Waals surface area contributed by atoms with E-state index in [1.807, 2.05) is 30.3 Å². The van der Waals surface area contributed by atoms with E-state index in [1.165, 1.54) is 12.0 Å². The minimum Gasteiger partial charge on any atom is -0.466 e. The van der Waals surface area contributed by atoms with Crippen LogP contribution >= 0.6 is 0 Å². The summed E-state index contributed by atoms with van der Waals surface area (Å²) in [6.07, 6.45) is 1.61. The van der Waals surface area contributed by atoms with Crippen molar-refractivity contribution >= 4 is 12.0 Å². The second kappa shape index (κ2) is 6.26. The molecule has 0 spiro atoms. The number of amides is 2. The topological polar surface area (TPSA) is 58.6 Å². The van der Waals surface area contributed by atoms with Crippen molar-refractivity contribution in [2.24, 2.45) is 0 Å².